The van der Waals surface area contributed by atoms with Gasteiger partial charge in [0, 0.05) is 0 Å². The van der Waals surface area contributed by atoms with Crippen LogP contribution in [0.1, 0.15) is 15.9 Å². The zero-order chi connectivity index (χ0) is 16.8. The van der Waals surface area contributed by atoms with Gasteiger partial charge in [-0.25, -0.2) is 5.43 Å². The van der Waals surface area contributed by atoms with Crippen LogP contribution in [-0.2, 0) is 0 Å². The van der Waals surface area contributed by atoms with Crippen molar-refractivity contribution in [2.45, 2.75) is 0 Å². The highest BCUT2D eigenvalue weighted by molar-refractivity contribution is 9.10. The highest BCUT2D eigenvalue weighted by Gasteiger charge is 2.10. The molecule has 0 aliphatic heterocycles. The lowest BCUT2D eigenvalue weighted by Gasteiger charge is -2.07. The summed E-state index contributed by atoms with van der Waals surface area (Å²) in [5, 5.41) is 13.6. The molecule has 0 heterocycles. The molecule has 0 saturated heterocycles. The highest BCUT2D eigenvalue weighted by Crippen LogP contribution is 2.34. The number of ether oxygens (including phenoxy) is 2. The van der Waals surface area contributed by atoms with E-state index in [1.807, 2.05) is 0 Å². The number of para-hydroxylation sites is 1. The van der Waals surface area contributed by atoms with Gasteiger partial charge in [-0.1, -0.05) is 12.1 Å². The van der Waals surface area contributed by atoms with Gasteiger partial charge in [-0.3, -0.25) is 4.79 Å². The predicted octanol–water partition coefficient (Wildman–Crippen LogP) is 2.94. The second-order valence-electron chi connectivity index (χ2n) is 4.45. The molecule has 7 heteroatoms. The van der Waals surface area contributed by atoms with E-state index in [0.717, 1.165) is 0 Å². The van der Waals surface area contributed by atoms with Crippen molar-refractivity contribution in [1.29, 1.82) is 0 Å². The van der Waals surface area contributed by atoms with E-state index >= 15 is 0 Å². The van der Waals surface area contributed by atoms with Gasteiger partial charge >= 0.3 is 0 Å². The normalized spacial score (nSPS) is 10.6. The maximum atomic E-state index is 12.1. The Kier molecular flexibility index (Phi) is 5.59. The standard InChI is InChI=1S/C16H15BrN2O4/c1-22-13-6-4-3-5-11(13)16(21)19-18-9-10-7-12(17)15(20)14(8-10)23-2/h3-9,20H,1-2H3,(H,19,21)/b18-9+. The number of methoxy groups -OCH3 is 2. The average molecular weight is 379 g/mol. The van der Waals surface area contributed by atoms with Crippen LogP contribution in [0.15, 0.2) is 46.0 Å². The fraction of sp³-hybridized carbons (Fsp3) is 0.125. The molecule has 2 aromatic carbocycles. The van der Waals surface area contributed by atoms with Crippen molar-refractivity contribution in [1.82, 2.24) is 5.43 Å². The molecule has 23 heavy (non-hydrogen) atoms. The van der Waals surface area contributed by atoms with E-state index in [9.17, 15) is 9.90 Å². The van der Waals surface area contributed by atoms with Crippen molar-refractivity contribution in [3.8, 4) is 17.2 Å². The van der Waals surface area contributed by atoms with Crippen LogP contribution in [0.25, 0.3) is 0 Å². The molecule has 2 aromatic rings. The monoisotopic (exact) mass is 378 g/mol. The molecule has 120 valence electrons. The molecule has 6 nitrogen and oxygen atoms in total. The molecule has 0 bridgehead atoms. The fourth-order valence-corrected chi connectivity index (χ4v) is 2.34. The second kappa shape index (κ2) is 7.64. The number of carbonyl (C=O) groups is 1. The van der Waals surface area contributed by atoms with Gasteiger partial charge in [-0.05, 0) is 45.8 Å². The average Bonchev–Trinajstić information content (AvgIpc) is 2.57. The lowest BCUT2D eigenvalue weighted by atomic mass is 10.2. The molecule has 0 unspecified atom stereocenters. The molecule has 0 aromatic heterocycles. The van der Waals surface area contributed by atoms with E-state index in [4.69, 9.17) is 9.47 Å². The zero-order valence-corrected chi connectivity index (χ0v) is 14.1. The summed E-state index contributed by atoms with van der Waals surface area (Å²) in [6, 6.07) is 10.1. The number of carbonyl (C=O) groups excluding carboxylic acids is 1. The summed E-state index contributed by atoms with van der Waals surface area (Å²) < 4.78 is 10.6. The Labute approximate surface area is 141 Å². The van der Waals surface area contributed by atoms with Crippen LogP contribution >= 0.6 is 15.9 Å². The molecule has 1 amide bonds. The predicted molar refractivity (Wildman–Crippen MR) is 90.4 cm³/mol. The summed E-state index contributed by atoms with van der Waals surface area (Å²) in [7, 11) is 2.95. The lowest BCUT2D eigenvalue weighted by molar-refractivity contribution is 0.0952. The van der Waals surface area contributed by atoms with Crippen molar-refractivity contribution in [3.63, 3.8) is 0 Å². The number of halogens is 1. The van der Waals surface area contributed by atoms with Crippen molar-refractivity contribution in [3.05, 3.63) is 52.0 Å². The minimum absolute atomic E-state index is 0.00251. The maximum absolute atomic E-state index is 12.1. The number of hydrazone groups is 1. The van der Waals surface area contributed by atoms with Crippen LogP contribution in [0.5, 0.6) is 17.2 Å². The van der Waals surface area contributed by atoms with Crippen molar-refractivity contribution >= 4 is 28.1 Å². The molecule has 0 fully saturated rings. The smallest absolute Gasteiger partial charge is 0.275 e. The summed E-state index contributed by atoms with van der Waals surface area (Å²) in [6.45, 7) is 0. The first-order chi connectivity index (χ1) is 11.1. The second-order valence-corrected chi connectivity index (χ2v) is 5.31. The molecule has 2 rings (SSSR count). The Morgan fingerprint density at radius 2 is 1.91 bits per heavy atom. The fourth-order valence-electron chi connectivity index (χ4n) is 1.88. The quantitative estimate of drug-likeness (QED) is 0.619. The number of phenolic OH excluding ortho intramolecular Hbond substituents is 1. The molecular weight excluding hydrogens is 364 g/mol. The third kappa shape index (κ3) is 4.01. The van der Waals surface area contributed by atoms with Crippen LogP contribution in [-0.4, -0.2) is 31.4 Å². The Morgan fingerprint density at radius 1 is 1.22 bits per heavy atom. The lowest BCUT2D eigenvalue weighted by Crippen LogP contribution is -2.18. The highest BCUT2D eigenvalue weighted by atomic mass is 79.9. The van der Waals surface area contributed by atoms with E-state index in [1.165, 1.54) is 20.4 Å². The number of hydrogen-bond acceptors (Lipinski definition) is 5. The Morgan fingerprint density at radius 3 is 2.61 bits per heavy atom. The molecular formula is C16H15BrN2O4. The van der Waals surface area contributed by atoms with E-state index < -0.39 is 0 Å². The van der Waals surface area contributed by atoms with Crippen molar-refractivity contribution in [2.75, 3.05) is 14.2 Å². The molecule has 0 aliphatic rings. The van der Waals surface area contributed by atoms with Gasteiger partial charge in [0.05, 0.1) is 30.5 Å². The van der Waals surface area contributed by atoms with Gasteiger partial charge in [-0.2, -0.15) is 5.10 Å². The summed E-state index contributed by atoms with van der Waals surface area (Å²) in [5.41, 5.74) is 3.46. The Balaban J connectivity index is 2.13. The number of nitrogens with one attached hydrogen (secondary N) is 1. The third-order valence-corrected chi connectivity index (χ3v) is 3.61. The summed E-state index contributed by atoms with van der Waals surface area (Å²) in [6.07, 6.45) is 1.44. The maximum Gasteiger partial charge on any atom is 0.275 e. The SMILES string of the molecule is COc1ccccc1C(=O)N/N=C/c1cc(Br)c(O)c(OC)c1. The van der Waals surface area contributed by atoms with Gasteiger partial charge in [0.1, 0.15) is 5.75 Å². The number of aromatic hydroxyl groups is 1. The topological polar surface area (TPSA) is 80.2 Å². The van der Waals surface area contributed by atoms with E-state index in [-0.39, 0.29) is 11.7 Å². The van der Waals surface area contributed by atoms with Crippen molar-refractivity contribution in [2.24, 2.45) is 5.10 Å². The molecule has 0 aliphatic carbocycles. The van der Waals surface area contributed by atoms with E-state index in [0.29, 0.717) is 27.1 Å². The first kappa shape index (κ1) is 16.8. The minimum atomic E-state index is -0.386. The zero-order valence-electron chi connectivity index (χ0n) is 12.5. The van der Waals surface area contributed by atoms with E-state index in [2.05, 4.69) is 26.5 Å². The Hall–Kier alpha value is -2.54. The van der Waals surface area contributed by atoms with Gasteiger partial charge in [0.25, 0.3) is 5.91 Å². The Bertz CT molecular complexity index is 747. The summed E-state index contributed by atoms with van der Waals surface area (Å²) >= 11 is 3.22. The summed E-state index contributed by atoms with van der Waals surface area (Å²) in [5.74, 6) is 0.386. The van der Waals surface area contributed by atoms with Gasteiger partial charge < -0.3 is 14.6 Å². The van der Waals surface area contributed by atoms with Gasteiger partial charge in [-0.15, -0.1) is 0 Å². The molecule has 0 spiro atoms. The third-order valence-electron chi connectivity index (χ3n) is 3.00. The van der Waals surface area contributed by atoms with Gasteiger partial charge in [0.2, 0.25) is 0 Å². The number of nitrogens with zero attached hydrogens (tertiary/aromatic N) is 1. The first-order valence-electron chi connectivity index (χ1n) is 6.59. The van der Waals surface area contributed by atoms with Crippen molar-refractivity contribution < 1.29 is 19.4 Å². The van der Waals surface area contributed by atoms with Crippen LogP contribution < -0.4 is 14.9 Å². The molecule has 0 atom stereocenters. The molecule has 0 saturated carbocycles. The summed E-state index contributed by atoms with van der Waals surface area (Å²) in [4.78, 5) is 12.1. The van der Waals surface area contributed by atoms with Crippen LogP contribution in [0.4, 0.5) is 0 Å². The van der Waals surface area contributed by atoms with Crippen LogP contribution in [0, 0.1) is 0 Å². The number of hydrogen-bond donors (Lipinski definition) is 2. The van der Waals surface area contributed by atoms with Crippen LogP contribution in [0.3, 0.4) is 0 Å². The number of amides is 1. The molecule has 0 radical (unpaired) electrons. The molecule has 2 N–H and O–H groups in total. The van der Waals surface area contributed by atoms with Gasteiger partial charge in [0.15, 0.2) is 11.5 Å². The largest absolute Gasteiger partial charge is 0.503 e. The van der Waals surface area contributed by atoms with Crippen LogP contribution in [0.2, 0.25) is 0 Å². The van der Waals surface area contributed by atoms with E-state index in [1.54, 1.807) is 36.4 Å². The minimum Gasteiger partial charge on any atom is -0.503 e. The number of rotatable bonds is 5. The number of benzene rings is 2. The number of phenols is 1. The first-order valence-corrected chi connectivity index (χ1v) is 7.39.